The molecule has 14 heavy (non-hydrogen) atoms. The highest BCUT2D eigenvalue weighted by atomic mass is 32.1. The SMILES string of the molecule is O=C1CC(C(=O)Nc2nnns2)CN1. The molecule has 0 aromatic carbocycles. The van der Waals surface area contributed by atoms with Crippen LogP contribution < -0.4 is 10.6 Å². The van der Waals surface area contributed by atoms with Gasteiger partial charge in [-0.1, -0.05) is 9.59 Å². The van der Waals surface area contributed by atoms with E-state index in [1.807, 2.05) is 0 Å². The summed E-state index contributed by atoms with van der Waals surface area (Å²) >= 11 is 1.00. The minimum Gasteiger partial charge on any atom is -0.355 e. The molecule has 1 aliphatic heterocycles. The molecule has 2 amide bonds. The van der Waals surface area contributed by atoms with E-state index in [1.54, 1.807) is 0 Å². The molecule has 1 aromatic rings. The first-order valence-corrected chi connectivity index (χ1v) is 4.75. The molecule has 1 saturated heterocycles. The molecule has 1 aromatic heterocycles. The van der Waals surface area contributed by atoms with Crippen molar-refractivity contribution in [3.8, 4) is 0 Å². The highest BCUT2D eigenvalue weighted by Crippen LogP contribution is 2.13. The number of hydrogen-bond donors (Lipinski definition) is 2. The van der Waals surface area contributed by atoms with E-state index < -0.39 is 0 Å². The Labute approximate surface area is 83.1 Å². The zero-order chi connectivity index (χ0) is 9.97. The third-order valence-electron chi connectivity index (χ3n) is 1.88. The van der Waals surface area contributed by atoms with Gasteiger partial charge in [-0.2, -0.15) is 0 Å². The number of rotatable bonds is 2. The molecule has 1 fully saturated rings. The second-order valence-electron chi connectivity index (χ2n) is 2.86. The summed E-state index contributed by atoms with van der Waals surface area (Å²) in [7, 11) is 0. The summed E-state index contributed by atoms with van der Waals surface area (Å²) < 4.78 is 3.50. The minimum absolute atomic E-state index is 0.0967. The van der Waals surface area contributed by atoms with Crippen LogP contribution in [0.1, 0.15) is 6.42 Å². The number of nitrogens with zero attached hydrogens (tertiary/aromatic N) is 3. The largest absolute Gasteiger partial charge is 0.355 e. The molecular formula is C6H7N5O2S. The normalized spacial score (nSPS) is 20.6. The Morgan fingerprint density at radius 1 is 1.64 bits per heavy atom. The highest BCUT2D eigenvalue weighted by Gasteiger charge is 2.28. The second kappa shape index (κ2) is 3.66. The Hall–Kier alpha value is -1.57. The Bertz CT molecular complexity index is 351. The maximum absolute atomic E-state index is 11.5. The van der Waals surface area contributed by atoms with Gasteiger partial charge >= 0.3 is 0 Å². The fraction of sp³-hybridized carbons (Fsp3) is 0.500. The summed E-state index contributed by atoms with van der Waals surface area (Å²) in [6, 6.07) is 0. The summed E-state index contributed by atoms with van der Waals surface area (Å²) in [6.07, 6.45) is 0.234. The van der Waals surface area contributed by atoms with Crippen molar-refractivity contribution in [3.63, 3.8) is 0 Å². The Morgan fingerprint density at radius 3 is 3.07 bits per heavy atom. The first kappa shape index (κ1) is 9.00. The van der Waals surface area contributed by atoms with Gasteiger partial charge < -0.3 is 5.32 Å². The van der Waals surface area contributed by atoms with Gasteiger partial charge in [0.25, 0.3) is 0 Å². The molecule has 74 valence electrons. The lowest BCUT2D eigenvalue weighted by Gasteiger charge is -2.04. The summed E-state index contributed by atoms with van der Waals surface area (Å²) in [5, 5.41) is 12.4. The maximum atomic E-state index is 11.5. The lowest BCUT2D eigenvalue weighted by molar-refractivity contribution is -0.123. The number of carbonyl (C=O) groups excluding carboxylic acids is 2. The maximum Gasteiger partial charge on any atom is 0.231 e. The predicted molar refractivity (Wildman–Crippen MR) is 47.5 cm³/mol. The smallest absolute Gasteiger partial charge is 0.231 e. The third-order valence-corrected chi connectivity index (χ3v) is 2.39. The summed E-state index contributed by atoms with van der Waals surface area (Å²) in [6.45, 7) is 0.386. The van der Waals surface area contributed by atoms with Crippen LogP contribution in [0.3, 0.4) is 0 Å². The first-order valence-electron chi connectivity index (χ1n) is 3.98. The number of aromatic nitrogens is 3. The van der Waals surface area contributed by atoms with E-state index >= 15 is 0 Å². The molecule has 2 N–H and O–H groups in total. The number of hydrogen-bond acceptors (Lipinski definition) is 6. The molecule has 2 heterocycles. The number of amides is 2. The van der Waals surface area contributed by atoms with Gasteiger partial charge in [0.2, 0.25) is 16.9 Å². The van der Waals surface area contributed by atoms with Crippen LogP contribution in [0.15, 0.2) is 0 Å². The molecule has 8 heteroatoms. The highest BCUT2D eigenvalue weighted by molar-refractivity contribution is 7.09. The standard InChI is InChI=1S/C6H7N5O2S/c12-4-1-3(2-7-4)5(13)8-6-9-10-11-14-6/h3H,1-2H2,(H,7,12)(H,8,9,11,13). The number of nitrogens with one attached hydrogen (secondary N) is 2. The van der Waals surface area contributed by atoms with E-state index in [-0.39, 0.29) is 24.2 Å². The van der Waals surface area contributed by atoms with Gasteiger partial charge in [0.05, 0.1) is 5.92 Å². The monoisotopic (exact) mass is 213 g/mol. The fourth-order valence-corrected chi connectivity index (χ4v) is 1.55. The second-order valence-corrected chi connectivity index (χ2v) is 3.59. The quantitative estimate of drug-likeness (QED) is 0.657. The van der Waals surface area contributed by atoms with E-state index in [0.717, 1.165) is 11.5 Å². The van der Waals surface area contributed by atoms with Gasteiger partial charge in [0.15, 0.2) is 0 Å². The van der Waals surface area contributed by atoms with Crippen LogP contribution in [0.5, 0.6) is 0 Å². The van der Waals surface area contributed by atoms with E-state index in [0.29, 0.717) is 11.7 Å². The third kappa shape index (κ3) is 1.84. The molecule has 1 aliphatic rings. The number of anilines is 1. The Kier molecular flexibility index (Phi) is 2.35. The van der Waals surface area contributed by atoms with Crippen LogP contribution in [0.2, 0.25) is 0 Å². The molecule has 0 aliphatic carbocycles. The van der Waals surface area contributed by atoms with E-state index in [4.69, 9.17) is 0 Å². The van der Waals surface area contributed by atoms with Gasteiger partial charge in [-0.05, 0) is 5.21 Å². The van der Waals surface area contributed by atoms with Gasteiger partial charge in [-0.3, -0.25) is 14.9 Å². The van der Waals surface area contributed by atoms with Crippen molar-refractivity contribution < 1.29 is 9.59 Å². The molecule has 2 rings (SSSR count). The Morgan fingerprint density at radius 2 is 2.50 bits per heavy atom. The first-order chi connectivity index (χ1) is 6.75. The van der Waals surface area contributed by atoms with E-state index in [1.165, 1.54) is 0 Å². The summed E-state index contributed by atoms with van der Waals surface area (Å²) in [5.41, 5.74) is 0. The average molecular weight is 213 g/mol. The molecule has 0 radical (unpaired) electrons. The molecule has 0 bridgehead atoms. The molecule has 1 unspecified atom stereocenters. The van der Waals surface area contributed by atoms with Crippen molar-refractivity contribution in [2.45, 2.75) is 6.42 Å². The Balaban J connectivity index is 1.93. The van der Waals surface area contributed by atoms with Crippen LogP contribution in [0.25, 0.3) is 0 Å². The van der Waals surface area contributed by atoms with Gasteiger partial charge in [0, 0.05) is 24.5 Å². The van der Waals surface area contributed by atoms with Crippen LogP contribution in [-0.4, -0.2) is 33.2 Å². The van der Waals surface area contributed by atoms with Gasteiger partial charge in [-0.15, -0.1) is 0 Å². The molecule has 1 atom stereocenters. The molecular weight excluding hydrogens is 206 g/mol. The van der Waals surface area contributed by atoms with Crippen molar-refractivity contribution >= 4 is 28.5 Å². The van der Waals surface area contributed by atoms with Crippen molar-refractivity contribution in [2.24, 2.45) is 5.92 Å². The number of carbonyl (C=O) groups is 2. The van der Waals surface area contributed by atoms with Crippen LogP contribution in [0, 0.1) is 5.92 Å². The average Bonchev–Trinajstić information content (AvgIpc) is 2.75. The van der Waals surface area contributed by atoms with Crippen LogP contribution in [-0.2, 0) is 9.59 Å². The van der Waals surface area contributed by atoms with Crippen LogP contribution in [0.4, 0.5) is 5.13 Å². The molecule has 0 saturated carbocycles. The predicted octanol–water partition coefficient (Wildman–Crippen LogP) is -0.992. The molecule has 0 spiro atoms. The summed E-state index contributed by atoms with van der Waals surface area (Å²) in [4.78, 5) is 22.3. The van der Waals surface area contributed by atoms with Crippen molar-refractivity contribution in [1.29, 1.82) is 0 Å². The zero-order valence-electron chi connectivity index (χ0n) is 7.06. The van der Waals surface area contributed by atoms with Crippen molar-refractivity contribution in [1.82, 2.24) is 20.1 Å². The summed E-state index contributed by atoms with van der Waals surface area (Å²) in [5.74, 6) is -0.631. The lowest BCUT2D eigenvalue weighted by Crippen LogP contribution is -2.24. The van der Waals surface area contributed by atoms with E-state index in [2.05, 4.69) is 25.4 Å². The van der Waals surface area contributed by atoms with Gasteiger partial charge in [0.1, 0.15) is 0 Å². The van der Waals surface area contributed by atoms with Crippen molar-refractivity contribution in [2.75, 3.05) is 11.9 Å². The fourth-order valence-electron chi connectivity index (χ4n) is 1.18. The van der Waals surface area contributed by atoms with Gasteiger partial charge in [-0.25, -0.2) is 0 Å². The van der Waals surface area contributed by atoms with Crippen molar-refractivity contribution in [3.05, 3.63) is 0 Å². The topological polar surface area (TPSA) is 96.9 Å². The molecule has 7 nitrogen and oxygen atoms in total. The van der Waals surface area contributed by atoms with E-state index in [9.17, 15) is 9.59 Å². The lowest BCUT2D eigenvalue weighted by atomic mass is 10.1. The minimum atomic E-state index is -0.314. The van der Waals surface area contributed by atoms with Crippen LogP contribution >= 0.6 is 11.5 Å². The zero-order valence-corrected chi connectivity index (χ0v) is 7.87.